The SMILES string of the molecule is CCOc1ccc(CC(=O)N(CCCn2ccnc2)c2nc3cc(C)cc(C)c3s2)cc1.Cl. The largest absolute Gasteiger partial charge is 0.494 e. The third kappa shape index (κ3) is 6.12. The van der Waals surface area contributed by atoms with Gasteiger partial charge in [-0.3, -0.25) is 9.69 Å². The van der Waals surface area contributed by atoms with Gasteiger partial charge in [0, 0.05) is 25.5 Å². The third-order valence-corrected chi connectivity index (χ3v) is 6.52. The van der Waals surface area contributed by atoms with E-state index in [9.17, 15) is 4.79 Å². The Morgan fingerprint density at radius 1 is 1.18 bits per heavy atom. The van der Waals surface area contributed by atoms with Crippen molar-refractivity contribution >= 4 is 45.0 Å². The van der Waals surface area contributed by atoms with Gasteiger partial charge in [-0.25, -0.2) is 9.97 Å². The monoisotopic (exact) mass is 484 g/mol. The molecular weight excluding hydrogens is 456 g/mol. The summed E-state index contributed by atoms with van der Waals surface area (Å²) in [6.07, 6.45) is 6.66. The Bertz CT molecular complexity index is 1190. The number of rotatable bonds is 9. The van der Waals surface area contributed by atoms with E-state index in [1.54, 1.807) is 23.9 Å². The summed E-state index contributed by atoms with van der Waals surface area (Å²) < 4.78 is 8.68. The number of nitrogens with zero attached hydrogens (tertiary/aromatic N) is 4. The van der Waals surface area contributed by atoms with Crippen LogP contribution in [0.2, 0.25) is 0 Å². The van der Waals surface area contributed by atoms with Crippen molar-refractivity contribution in [1.82, 2.24) is 14.5 Å². The predicted molar refractivity (Wildman–Crippen MR) is 137 cm³/mol. The average molecular weight is 485 g/mol. The first-order chi connectivity index (χ1) is 15.5. The Morgan fingerprint density at radius 2 is 1.97 bits per heavy atom. The van der Waals surface area contributed by atoms with Crippen LogP contribution < -0.4 is 9.64 Å². The van der Waals surface area contributed by atoms with Crippen molar-refractivity contribution < 1.29 is 9.53 Å². The summed E-state index contributed by atoms with van der Waals surface area (Å²) in [5.41, 5.74) is 4.29. The maximum absolute atomic E-state index is 13.4. The Kier molecular flexibility index (Phi) is 8.47. The number of carbonyl (C=O) groups excluding carboxylic acids is 1. The lowest BCUT2D eigenvalue weighted by molar-refractivity contribution is -0.118. The summed E-state index contributed by atoms with van der Waals surface area (Å²) in [6.45, 7) is 8.16. The van der Waals surface area contributed by atoms with Crippen molar-refractivity contribution in [1.29, 1.82) is 0 Å². The van der Waals surface area contributed by atoms with Crippen LogP contribution in [0.3, 0.4) is 0 Å². The first-order valence-electron chi connectivity index (χ1n) is 10.9. The molecule has 0 radical (unpaired) electrons. The minimum atomic E-state index is 0. The number of ether oxygens (including phenoxy) is 1. The molecular formula is C25H29ClN4O2S. The van der Waals surface area contributed by atoms with Crippen molar-refractivity contribution in [2.24, 2.45) is 0 Å². The molecule has 1 amide bonds. The molecule has 6 nitrogen and oxygen atoms in total. The molecule has 0 N–H and O–H groups in total. The number of thiazole rings is 1. The van der Waals surface area contributed by atoms with Crippen LogP contribution >= 0.6 is 23.7 Å². The Morgan fingerprint density at radius 3 is 2.67 bits per heavy atom. The smallest absolute Gasteiger partial charge is 0.233 e. The van der Waals surface area contributed by atoms with E-state index in [2.05, 4.69) is 31.0 Å². The molecule has 33 heavy (non-hydrogen) atoms. The maximum Gasteiger partial charge on any atom is 0.233 e. The quantitative estimate of drug-likeness (QED) is 0.310. The summed E-state index contributed by atoms with van der Waals surface area (Å²) in [4.78, 5) is 24.2. The van der Waals surface area contributed by atoms with Crippen LogP contribution in [0, 0.1) is 13.8 Å². The number of aromatic nitrogens is 3. The molecule has 0 atom stereocenters. The molecule has 0 unspecified atom stereocenters. The third-order valence-electron chi connectivity index (χ3n) is 5.29. The highest BCUT2D eigenvalue weighted by atomic mass is 35.5. The van der Waals surface area contributed by atoms with Crippen LogP contribution in [-0.4, -0.2) is 33.6 Å². The standard InChI is InChI=1S/C25H28N4O2S.ClH/c1-4-31-21-8-6-20(7-9-21)16-23(30)29(12-5-11-28-13-10-26-17-28)25-27-22-15-18(2)14-19(3)24(22)32-25;/h6-10,13-15,17H,4-5,11-12,16H2,1-3H3;1H. The lowest BCUT2D eigenvalue weighted by Crippen LogP contribution is -2.33. The minimum absolute atomic E-state index is 0. The topological polar surface area (TPSA) is 60.2 Å². The van der Waals surface area contributed by atoms with Gasteiger partial charge in [-0.2, -0.15) is 0 Å². The molecule has 0 saturated heterocycles. The number of hydrogen-bond donors (Lipinski definition) is 0. The average Bonchev–Trinajstić information content (AvgIpc) is 3.42. The molecule has 0 aliphatic rings. The molecule has 0 aliphatic carbocycles. The molecule has 0 spiro atoms. The van der Waals surface area contributed by atoms with Gasteiger partial charge in [0.1, 0.15) is 5.75 Å². The van der Waals surface area contributed by atoms with E-state index >= 15 is 0 Å². The van der Waals surface area contributed by atoms with Crippen LogP contribution in [0.25, 0.3) is 10.2 Å². The van der Waals surface area contributed by atoms with Gasteiger partial charge in [-0.05, 0) is 62.1 Å². The highest BCUT2D eigenvalue weighted by Crippen LogP contribution is 2.32. The lowest BCUT2D eigenvalue weighted by Gasteiger charge is -2.20. The van der Waals surface area contributed by atoms with Gasteiger partial charge in [0.15, 0.2) is 5.13 Å². The number of hydrogen-bond acceptors (Lipinski definition) is 5. The second-order valence-corrected chi connectivity index (χ2v) is 8.86. The number of amides is 1. The van der Waals surface area contributed by atoms with Gasteiger partial charge in [0.2, 0.25) is 5.91 Å². The van der Waals surface area contributed by atoms with Crippen LogP contribution in [0.15, 0.2) is 55.1 Å². The number of benzene rings is 2. The fraction of sp³-hybridized carbons (Fsp3) is 0.320. The highest BCUT2D eigenvalue weighted by molar-refractivity contribution is 7.22. The Labute approximate surface area is 204 Å². The van der Waals surface area contributed by atoms with Gasteiger partial charge in [-0.1, -0.05) is 29.5 Å². The number of halogens is 1. The van der Waals surface area contributed by atoms with Gasteiger partial charge in [0.25, 0.3) is 0 Å². The summed E-state index contributed by atoms with van der Waals surface area (Å²) in [7, 11) is 0. The molecule has 4 aromatic rings. The van der Waals surface area contributed by atoms with Crippen LogP contribution in [0.1, 0.15) is 30.0 Å². The van der Waals surface area contributed by atoms with Gasteiger partial charge in [0.05, 0.1) is 29.6 Å². The first kappa shape index (κ1) is 24.7. The molecule has 2 aromatic heterocycles. The maximum atomic E-state index is 13.4. The lowest BCUT2D eigenvalue weighted by atomic mass is 10.1. The molecule has 0 aliphatic heterocycles. The van der Waals surface area contributed by atoms with Gasteiger partial charge in [-0.15, -0.1) is 12.4 Å². The first-order valence-corrected chi connectivity index (χ1v) is 11.7. The second kappa shape index (κ2) is 11.3. The fourth-order valence-electron chi connectivity index (χ4n) is 3.78. The minimum Gasteiger partial charge on any atom is -0.494 e. The van der Waals surface area contributed by atoms with E-state index in [1.807, 2.05) is 46.9 Å². The number of imidazole rings is 1. The van der Waals surface area contributed by atoms with Gasteiger partial charge < -0.3 is 9.30 Å². The molecule has 0 fully saturated rings. The van der Waals surface area contributed by atoms with Crippen molar-refractivity contribution in [3.8, 4) is 5.75 Å². The zero-order valence-corrected chi connectivity index (χ0v) is 20.8. The molecule has 8 heteroatoms. The Balaban J connectivity index is 0.00000306. The van der Waals surface area contributed by atoms with Crippen molar-refractivity contribution in [3.05, 3.63) is 71.8 Å². The zero-order chi connectivity index (χ0) is 22.5. The summed E-state index contributed by atoms with van der Waals surface area (Å²) in [5.74, 6) is 0.867. The second-order valence-electron chi connectivity index (χ2n) is 7.88. The molecule has 2 aromatic carbocycles. The fourth-order valence-corrected chi connectivity index (χ4v) is 4.84. The highest BCUT2D eigenvalue weighted by Gasteiger charge is 2.20. The van der Waals surface area contributed by atoms with Crippen LogP contribution in [0.4, 0.5) is 5.13 Å². The number of anilines is 1. The van der Waals surface area contributed by atoms with Crippen LogP contribution in [0.5, 0.6) is 5.75 Å². The normalized spacial score (nSPS) is 10.8. The molecule has 0 saturated carbocycles. The predicted octanol–water partition coefficient (Wildman–Crippen LogP) is 5.60. The number of carbonyl (C=O) groups is 1. The van der Waals surface area contributed by atoms with Crippen LogP contribution in [-0.2, 0) is 17.8 Å². The number of fused-ring (bicyclic) bond motifs is 1. The summed E-state index contributed by atoms with van der Waals surface area (Å²) in [6, 6.07) is 12.0. The van der Waals surface area contributed by atoms with E-state index in [0.717, 1.165) is 39.6 Å². The summed E-state index contributed by atoms with van der Waals surface area (Å²) in [5, 5.41) is 0.760. The number of aryl methyl sites for hydroxylation is 3. The zero-order valence-electron chi connectivity index (χ0n) is 19.2. The molecule has 4 rings (SSSR count). The van der Waals surface area contributed by atoms with E-state index in [4.69, 9.17) is 9.72 Å². The van der Waals surface area contributed by atoms with Crippen molar-refractivity contribution in [2.45, 2.75) is 40.2 Å². The van der Waals surface area contributed by atoms with E-state index in [1.165, 1.54) is 11.1 Å². The van der Waals surface area contributed by atoms with Gasteiger partial charge >= 0.3 is 0 Å². The molecule has 2 heterocycles. The Hall–Kier alpha value is -2.90. The molecule has 174 valence electrons. The molecule has 0 bridgehead atoms. The van der Waals surface area contributed by atoms with E-state index in [0.29, 0.717) is 19.6 Å². The van der Waals surface area contributed by atoms with E-state index in [-0.39, 0.29) is 18.3 Å². The van der Waals surface area contributed by atoms with Crippen molar-refractivity contribution in [3.63, 3.8) is 0 Å². The van der Waals surface area contributed by atoms with Crippen molar-refractivity contribution in [2.75, 3.05) is 18.1 Å². The summed E-state index contributed by atoms with van der Waals surface area (Å²) >= 11 is 1.59. The van der Waals surface area contributed by atoms with E-state index < -0.39 is 0 Å².